The molecule has 0 saturated heterocycles. The smallest absolute Gasteiger partial charge is 0.322 e. The summed E-state index contributed by atoms with van der Waals surface area (Å²) in [6.07, 6.45) is 1.41. The fraction of sp³-hybridized carbons (Fsp3) is 0.167. The predicted octanol–water partition coefficient (Wildman–Crippen LogP) is 2.66. The fourth-order valence-electron chi connectivity index (χ4n) is 1.66. The molecule has 0 atom stereocenters. The van der Waals surface area contributed by atoms with Crippen molar-refractivity contribution < 1.29 is 13.6 Å². The molecule has 20 heavy (non-hydrogen) atoms. The van der Waals surface area contributed by atoms with E-state index >= 15 is 0 Å². The van der Waals surface area contributed by atoms with Crippen LogP contribution in [-0.4, -0.2) is 21.1 Å². The highest BCUT2D eigenvalue weighted by atomic mass is 32.1. The van der Waals surface area contributed by atoms with Crippen molar-refractivity contribution in [3.63, 3.8) is 0 Å². The molecule has 7 nitrogen and oxygen atoms in total. The Bertz CT molecular complexity index is 745. The van der Waals surface area contributed by atoms with Crippen LogP contribution in [0.2, 0.25) is 0 Å². The number of rotatable bonds is 3. The van der Waals surface area contributed by atoms with E-state index in [1.165, 1.54) is 17.6 Å². The third-order valence-electron chi connectivity index (χ3n) is 2.49. The zero-order valence-electron chi connectivity index (χ0n) is 10.7. The van der Waals surface area contributed by atoms with Gasteiger partial charge in [0.2, 0.25) is 0 Å². The summed E-state index contributed by atoms with van der Waals surface area (Å²) in [7, 11) is 0. The maximum atomic E-state index is 11.7. The molecule has 1 amide bonds. The minimum Gasteiger partial charge on any atom is -0.459 e. The monoisotopic (exact) mass is 290 g/mol. The van der Waals surface area contributed by atoms with Gasteiger partial charge in [0, 0.05) is 0 Å². The average molecular weight is 290 g/mol. The van der Waals surface area contributed by atoms with Crippen LogP contribution in [0.1, 0.15) is 21.3 Å². The second kappa shape index (κ2) is 4.89. The van der Waals surface area contributed by atoms with E-state index in [2.05, 4.69) is 20.5 Å². The first kappa shape index (κ1) is 12.5. The van der Waals surface area contributed by atoms with Gasteiger partial charge < -0.3 is 8.83 Å². The number of carbonyl (C=O) groups is 1. The summed E-state index contributed by atoms with van der Waals surface area (Å²) in [6, 6.07) is 3.19. The highest BCUT2D eigenvalue weighted by Gasteiger charge is 2.17. The molecule has 0 aliphatic carbocycles. The summed E-state index contributed by atoms with van der Waals surface area (Å²) in [5.41, 5.74) is 0.820. The topological polar surface area (TPSA) is 94.1 Å². The fourth-order valence-corrected chi connectivity index (χ4v) is 2.50. The third-order valence-corrected chi connectivity index (χ3v) is 3.55. The van der Waals surface area contributed by atoms with E-state index in [1.54, 1.807) is 12.1 Å². The van der Waals surface area contributed by atoms with E-state index < -0.39 is 5.91 Å². The van der Waals surface area contributed by atoms with E-state index in [4.69, 9.17) is 8.83 Å². The van der Waals surface area contributed by atoms with Crippen molar-refractivity contribution in [3.05, 3.63) is 34.9 Å². The molecule has 102 valence electrons. The Hall–Kier alpha value is -2.48. The van der Waals surface area contributed by atoms with Gasteiger partial charge in [-0.15, -0.1) is 16.4 Å². The Morgan fingerprint density at radius 2 is 2.20 bits per heavy atom. The molecule has 0 spiro atoms. The predicted molar refractivity (Wildman–Crippen MR) is 71.5 cm³/mol. The van der Waals surface area contributed by atoms with E-state index in [1.807, 2.05) is 13.8 Å². The maximum Gasteiger partial charge on any atom is 0.322 e. The van der Waals surface area contributed by atoms with Crippen LogP contribution in [0.15, 0.2) is 27.2 Å². The zero-order chi connectivity index (χ0) is 14.1. The van der Waals surface area contributed by atoms with E-state index in [0.29, 0.717) is 5.89 Å². The number of aromatic nitrogens is 3. The number of amides is 1. The standard InChI is InChI=1S/C12H10N4O3S/c1-6-9(20-7(2)13-6)11-15-16-12(19-11)14-10(17)8-4-3-5-18-8/h3-5H,1-2H3,(H,14,16,17). The molecule has 0 saturated carbocycles. The van der Waals surface area contributed by atoms with Crippen LogP contribution in [0.25, 0.3) is 10.8 Å². The van der Waals surface area contributed by atoms with Gasteiger partial charge in [0.15, 0.2) is 5.76 Å². The Labute approximate surface area is 117 Å². The van der Waals surface area contributed by atoms with Gasteiger partial charge in [-0.2, -0.15) is 0 Å². The highest BCUT2D eigenvalue weighted by molar-refractivity contribution is 7.15. The number of hydrogen-bond donors (Lipinski definition) is 1. The normalized spacial score (nSPS) is 10.7. The SMILES string of the molecule is Cc1nc(C)c(-c2nnc(NC(=O)c3ccco3)o2)s1. The van der Waals surface area contributed by atoms with E-state index in [-0.39, 0.29) is 11.8 Å². The van der Waals surface area contributed by atoms with Gasteiger partial charge in [0.25, 0.3) is 11.8 Å². The number of carbonyl (C=O) groups excluding carboxylic acids is 1. The summed E-state index contributed by atoms with van der Waals surface area (Å²) < 4.78 is 10.4. The lowest BCUT2D eigenvalue weighted by molar-refractivity contribution is 0.0994. The molecule has 1 N–H and O–H groups in total. The number of aryl methyl sites for hydroxylation is 2. The van der Waals surface area contributed by atoms with Crippen molar-refractivity contribution in [3.8, 4) is 10.8 Å². The molecule has 0 bridgehead atoms. The molecule has 8 heteroatoms. The van der Waals surface area contributed by atoms with Crippen molar-refractivity contribution in [1.82, 2.24) is 15.2 Å². The maximum absolute atomic E-state index is 11.7. The third kappa shape index (κ3) is 2.32. The number of nitrogens with one attached hydrogen (secondary N) is 1. The lowest BCUT2D eigenvalue weighted by atomic mass is 10.4. The number of furan rings is 1. The van der Waals surface area contributed by atoms with Crippen LogP contribution in [0, 0.1) is 13.8 Å². The van der Waals surface area contributed by atoms with Crippen LogP contribution >= 0.6 is 11.3 Å². The summed E-state index contributed by atoms with van der Waals surface area (Å²) >= 11 is 1.46. The molecule has 0 aliphatic rings. The summed E-state index contributed by atoms with van der Waals surface area (Å²) in [4.78, 5) is 16.8. The molecule has 0 fully saturated rings. The van der Waals surface area contributed by atoms with Crippen molar-refractivity contribution in [2.75, 3.05) is 5.32 Å². The molecular formula is C12H10N4O3S. The van der Waals surface area contributed by atoms with E-state index in [0.717, 1.165) is 15.6 Å². The van der Waals surface area contributed by atoms with Crippen molar-refractivity contribution in [2.45, 2.75) is 13.8 Å². The molecule has 0 aromatic carbocycles. The first-order valence-electron chi connectivity index (χ1n) is 5.76. The minimum absolute atomic E-state index is 0.0202. The van der Waals surface area contributed by atoms with Gasteiger partial charge in [-0.25, -0.2) is 4.98 Å². The van der Waals surface area contributed by atoms with Crippen molar-refractivity contribution in [2.24, 2.45) is 0 Å². The number of thiazole rings is 1. The molecule has 3 heterocycles. The van der Waals surface area contributed by atoms with Gasteiger partial charge in [-0.3, -0.25) is 10.1 Å². The zero-order valence-corrected chi connectivity index (χ0v) is 11.5. The lowest BCUT2D eigenvalue weighted by Gasteiger charge is -1.95. The summed E-state index contributed by atoms with van der Waals surface area (Å²) in [5, 5.41) is 11.1. The molecule has 3 rings (SSSR count). The van der Waals surface area contributed by atoms with Gasteiger partial charge in [-0.05, 0) is 26.0 Å². The molecule has 0 radical (unpaired) electrons. The first-order valence-corrected chi connectivity index (χ1v) is 6.58. The number of nitrogens with zero attached hydrogens (tertiary/aromatic N) is 3. The van der Waals surface area contributed by atoms with Crippen molar-refractivity contribution in [1.29, 1.82) is 0 Å². The quantitative estimate of drug-likeness (QED) is 0.797. The summed E-state index contributed by atoms with van der Waals surface area (Å²) in [5.74, 6) is 0.0693. The molecule has 0 aliphatic heterocycles. The van der Waals surface area contributed by atoms with Gasteiger partial charge in [0.1, 0.15) is 4.88 Å². The molecule has 3 aromatic rings. The van der Waals surface area contributed by atoms with E-state index in [9.17, 15) is 4.79 Å². The van der Waals surface area contributed by atoms with Crippen molar-refractivity contribution >= 4 is 23.3 Å². The Balaban J connectivity index is 1.81. The molecule has 3 aromatic heterocycles. The number of hydrogen-bond acceptors (Lipinski definition) is 7. The van der Waals surface area contributed by atoms with Crippen LogP contribution in [0.4, 0.5) is 6.01 Å². The van der Waals surface area contributed by atoms with Gasteiger partial charge in [-0.1, -0.05) is 5.10 Å². The molecular weight excluding hydrogens is 280 g/mol. The van der Waals surface area contributed by atoms with Crippen LogP contribution in [0.3, 0.4) is 0 Å². The van der Waals surface area contributed by atoms with Crippen LogP contribution in [-0.2, 0) is 0 Å². The Morgan fingerprint density at radius 3 is 2.85 bits per heavy atom. The van der Waals surface area contributed by atoms with Gasteiger partial charge >= 0.3 is 6.01 Å². The second-order valence-corrected chi connectivity index (χ2v) is 5.19. The minimum atomic E-state index is -0.442. The highest BCUT2D eigenvalue weighted by Crippen LogP contribution is 2.29. The summed E-state index contributed by atoms with van der Waals surface area (Å²) in [6.45, 7) is 3.77. The van der Waals surface area contributed by atoms with Crippen LogP contribution in [0.5, 0.6) is 0 Å². The van der Waals surface area contributed by atoms with Gasteiger partial charge in [0.05, 0.1) is 17.0 Å². The van der Waals surface area contributed by atoms with Crippen LogP contribution < -0.4 is 5.32 Å². The molecule has 0 unspecified atom stereocenters. The largest absolute Gasteiger partial charge is 0.459 e. The Morgan fingerprint density at radius 1 is 1.35 bits per heavy atom. The Kier molecular flexibility index (Phi) is 3.07. The lowest BCUT2D eigenvalue weighted by Crippen LogP contribution is -2.10. The number of anilines is 1. The first-order chi connectivity index (χ1) is 9.63. The second-order valence-electron chi connectivity index (χ2n) is 3.99. The average Bonchev–Trinajstić information content (AvgIpc) is 3.10.